The molecular formula is C18H22N2. The molecule has 4 saturated carbocycles. The Morgan fingerprint density at radius 2 is 1.70 bits per heavy atom. The molecule has 1 N–H and O–H groups in total. The Kier molecular flexibility index (Phi) is 2.77. The highest BCUT2D eigenvalue weighted by atomic mass is 15.0. The van der Waals surface area contributed by atoms with E-state index in [1.165, 1.54) is 32.1 Å². The van der Waals surface area contributed by atoms with Crippen LogP contribution in [0.3, 0.4) is 0 Å². The molecule has 1 aromatic rings. The molecule has 104 valence electrons. The first-order valence-corrected chi connectivity index (χ1v) is 8.01. The van der Waals surface area contributed by atoms with E-state index in [1.54, 1.807) is 0 Å². The molecule has 2 nitrogen and oxygen atoms in total. The van der Waals surface area contributed by atoms with Crippen LogP contribution in [0.1, 0.15) is 43.2 Å². The molecule has 1 aromatic carbocycles. The third-order valence-corrected chi connectivity index (χ3v) is 5.93. The number of hydrogen-bond donors (Lipinski definition) is 1. The van der Waals surface area contributed by atoms with Gasteiger partial charge in [0.15, 0.2) is 0 Å². The number of nitriles is 1. The molecule has 0 heterocycles. The van der Waals surface area contributed by atoms with Crippen molar-refractivity contribution in [3.8, 4) is 6.07 Å². The van der Waals surface area contributed by atoms with Crippen molar-refractivity contribution in [3.63, 3.8) is 0 Å². The number of aryl methyl sites for hydroxylation is 1. The summed E-state index contributed by atoms with van der Waals surface area (Å²) in [5.41, 5.74) is 2.98. The fraction of sp³-hybridized carbons (Fsp3) is 0.611. The van der Waals surface area contributed by atoms with E-state index < -0.39 is 0 Å². The quantitative estimate of drug-likeness (QED) is 0.874. The van der Waals surface area contributed by atoms with Gasteiger partial charge in [0, 0.05) is 6.04 Å². The van der Waals surface area contributed by atoms with Crippen LogP contribution in [0.15, 0.2) is 18.2 Å². The molecule has 4 fully saturated rings. The van der Waals surface area contributed by atoms with Gasteiger partial charge < -0.3 is 5.32 Å². The van der Waals surface area contributed by atoms with E-state index >= 15 is 0 Å². The van der Waals surface area contributed by atoms with Crippen LogP contribution in [-0.4, -0.2) is 6.04 Å². The van der Waals surface area contributed by atoms with Crippen LogP contribution in [0.4, 0.5) is 5.69 Å². The fourth-order valence-corrected chi connectivity index (χ4v) is 5.28. The minimum absolute atomic E-state index is 0.608. The molecule has 0 aromatic heterocycles. The molecule has 0 aliphatic heterocycles. The number of rotatable bonds is 2. The third-order valence-electron chi connectivity index (χ3n) is 5.93. The maximum Gasteiger partial charge on any atom is 0.102 e. The maximum atomic E-state index is 9.39. The summed E-state index contributed by atoms with van der Waals surface area (Å²) in [5.74, 6) is 3.70. The summed E-state index contributed by atoms with van der Waals surface area (Å²) in [5, 5.41) is 13.2. The lowest BCUT2D eigenvalue weighted by molar-refractivity contribution is 0.00753. The van der Waals surface area contributed by atoms with Crippen molar-refractivity contribution >= 4 is 5.69 Å². The van der Waals surface area contributed by atoms with E-state index in [-0.39, 0.29) is 0 Å². The summed E-state index contributed by atoms with van der Waals surface area (Å²) >= 11 is 0. The zero-order valence-electron chi connectivity index (χ0n) is 12.1. The summed E-state index contributed by atoms with van der Waals surface area (Å²) < 4.78 is 0. The normalized spacial score (nSPS) is 37.7. The molecule has 0 radical (unpaired) electrons. The topological polar surface area (TPSA) is 35.8 Å². The van der Waals surface area contributed by atoms with Gasteiger partial charge in [0.1, 0.15) is 6.07 Å². The summed E-state index contributed by atoms with van der Waals surface area (Å²) in [6.45, 7) is 2.03. The Labute approximate surface area is 121 Å². The van der Waals surface area contributed by atoms with Crippen LogP contribution < -0.4 is 5.32 Å². The van der Waals surface area contributed by atoms with Crippen molar-refractivity contribution in [3.05, 3.63) is 29.3 Å². The molecule has 0 spiro atoms. The Balaban J connectivity index is 1.61. The minimum atomic E-state index is 0.608. The molecule has 20 heavy (non-hydrogen) atoms. The molecule has 0 saturated heterocycles. The van der Waals surface area contributed by atoms with Gasteiger partial charge in [-0.1, -0.05) is 12.1 Å². The van der Waals surface area contributed by atoms with Gasteiger partial charge in [-0.25, -0.2) is 0 Å². The second kappa shape index (κ2) is 4.52. The second-order valence-electron chi connectivity index (χ2n) is 7.21. The Bertz CT molecular complexity index is 541. The summed E-state index contributed by atoms with van der Waals surface area (Å²) in [6.07, 6.45) is 7.15. The zero-order valence-corrected chi connectivity index (χ0v) is 12.1. The average molecular weight is 266 g/mol. The van der Waals surface area contributed by atoms with E-state index in [0.29, 0.717) is 6.04 Å². The van der Waals surface area contributed by atoms with Crippen LogP contribution in [0.5, 0.6) is 0 Å². The van der Waals surface area contributed by atoms with E-state index in [2.05, 4.69) is 23.5 Å². The molecule has 0 unspecified atom stereocenters. The standard InChI is InChI=1S/C18H22N2/c1-11-3-2-4-17(16(11)10-19)20-18-14-6-12-5-13(8-14)9-15(18)7-12/h2-4,12-15,18,20H,5-9H2,1H3. The minimum Gasteiger partial charge on any atom is -0.381 e. The Hall–Kier alpha value is -1.49. The van der Waals surface area contributed by atoms with Gasteiger partial charge in [-0.2, -0.15) is 5.26 Å². The lowest BCUT2D eigenvalue weighted by Gasteiger charge is -2.54. The summed E-state index contributed by atoms with van der Waals surface area (Å²) in [4.78, 5) is 0. The van der Waals surface area contributed by atoms with Gasteiger partial charge in [-0.05, 0) is 74.3 Å². The number of hydrogen-bond acceptors (Lipinski definition) is 2. The van der Waals surface area contributed by atoms with E-state index in [4.69, 9.17) is 0 Å². The van der Waals surface area contributed by atoms with Crippen molar-refractivity contribution in [2.45, 2.75) is 45.1 Å². The van der Waals surface area contributed by atoms with Gasteiger partial charge in [0.25, 0.3) is 0 Å². The van der Waals surface area contributed by atoms with E-state index in [9.17, 15) is 5.26 Å². The van der Waals surface area contributed by atoms with E-state index in [1.807, 2.05) is 13.0 Å². The van der Waals surface area contributed by atoms with Crippen molar-refractivity contribution in [1.82, 2.24) is 0 Å². The number of nitrogens with one attached hydrogen (secondary N) is 1. The predicted octanol–water partition coefficient (Wildman–Crippen LogP) is 4.10. The molecular weight excluding hydrogens is 244 g/mol. The van der Waals surface area contributed by atoms with Crippen molar-refractivity contribution < 1.29 is 0 Å². The maximum absolute atomic E-state index is 9.39. The molecule has 5 rings (SSSR count). The molecule has 0 amide bonds. The molecule has 4 aliphatic carbocycles. The Morgan fingerprint density at radius 1 is 1.05 bits per heavy atom. The first kappa shape index (κ1) is 12.3. The van der Waals surface area contributed by atoms with Gasteiger partial charge in [-0.3, -0.25) is 0 Å². The van der Waals surface area contributed by atoms with Gasteiger partial charge in [0.2, 0.25) is 0 Å². The van der Waals surface area contributed by atoms with Crippen molar-refractivity contribution in [1.29, 1.82) is 5.26 Å². The predicted molar refractivity (Wildman–Crippen MR) is 80.3 cm³/mol. The zero-order chi connectivity index (χ0) is 13.7. The number of nitrogens with zero attached hydrogens (tertiary/aromatic N) is 1. The van der Waals surface area contributed by atoms with Gasteiger partial charge in [-0.15, -0.1) is 0 Å². The fourth-order valence-electron chi connectivity index (χ4n) is 5.28. The van der Waals surface area contributed by atoms with Crippen LogP contribution in [-0.2, 0) is 0 Å². The highest BCUT2D eigenvalue weighted by molar-refractivity contribution is 5.61. The van der Waals surface area contributed by atoms with Crippen molar-refractivity contribution in [2.24, 2.45) is 23.7 Å². The van der Waals surface area contributed by atoms with Crippen LogP contribution in [0.25, 0.3) is 0 Å². The first-order chi connectivity index (χ1) is 9.74. The van der Waals surface area contributed by atoms with Gasteiger partial charge >= 0.3 is 0 Å². The summed E-state index contributed by atoms with van der Waals surface area (Å²) in [6, 6.07) is 9.15. The molecule has 0 atom stereocenters. The third kappa shape index (κ3) is 1.84. The SMILES string of the molecule is Cc1cccc(NC2C3CC4CC(C3)CC2C4)c1C#N. The molecule has 2 heteroatoms. The highest BCUT2D eigenvalue weighted by Crippen LogP contribution is 2.54. The van der Waals surface area contributed by atoms with Crippen LogP contribution >= 0.6 is 0 Å². The highest BCUT2D eigenvalue weighted by Gasteiger charge is 2.48. The second-order valence-corrected chi connectivity index (χ2v) is 7.21. The number of anilines is 1. The molecule has 4 aliphatic rings. The Morgan fingerprint density at radius 3 is 2.30 bits per heavy atom. The summed E-state index contributed by atoms with van der Waals surface area (Å²) in [7, 11) is 0. The molecule has 4 bridgehead atoms. The number of benzene rings is 1. The monoisotopic (exact) mass is 266 g/mol. The average Bonchev–Trinajstić information content (AvgIpc) is 2.42. The van der Waals surface area contributed by atoms with Crippen LogP contribution in [0.2, 0.25) is 0 Å². The van der Waals surface area contributed by atoms with Crippen LogP contribution in [0, 0.1) is 41.9 Å². The lowest BCUT2D eigenvalue weighted by atomic mass is 9.54. The first-order valence-electron chi connectivity index (χ1n) is 8.01. The largest absolute Gasteiger partial charge is 0.381 e. The van der Waals surface area contributed by atoms with Gasteiger partial charge in [0.05, 0.1) is 11.3 Å². The lowest BCUT2D eigenvalue weighted by Crippen LogP contribution is -2.51. The smallest absolute Gasteiger partial charge is 0.102 e. The van der Waals surface area contributed by atoms with E-state index in [0.717, 1.165) is 40.5 Å². The van der Waals surface area contributed by atoms with Crippen molar-refractivity contribution in [2.75, 3.05) is 5.32 Å².